The highest BCUT2D eigenvalue weighted by molar-refractivity contribution is 6.33. The van der Waals surface area contributed by atoms with Crippen LogP contribution in [0.3, 0.4) is 0 Å². The second-order valence-corrected chi connectivity index (χ2v) is 5.41. The van der Waals surface area contributed by atoms with Gasteiger partial charge in [0.15, 0.2) is 0 Å². The number of rotatable bonds is 2. The van der Waals surface area contributed by atoms with Crippen molar-refractivity contribution in [3.05, 3.63) is 34.3 Å². The Morgan fingerprint density at radius 2 is 2.32 bits per heavy atom. The number of carbonyl (C=O) groups is 1. The first kappa shape index (κ1) is 14.3. The quantitative estimate of drug-likeness (QED) is 0.900. The molecular formula is C14H19ClN2O2. The number of ether oxygens (including phenoxy) is 1. The Bertz CT molecular complexity index is 477. The molecule has 5 heteroatoms. The summed E-state index contributed by atoms with van der Waals surface area (Å²) in [4.78, 5) is 14.2. The first-order valence-corrected chi connectivity index (χ1v) is 6.79. The van der Waals surface area contributed by atoms with Crippen LogP contribution in [-0.4, -0.2) is 42.6 Å². The van der Waals surface area contributed by atoms with E-state index in [4.69, 9.17) is 22.1 Å². The van der Waals surface area contributed by atoms with E-state index in [0.717, 1.165) is 5.56 Å². The van der Waals surface area contributed by atoms with Crippen LogP contribution in [0.25, 0.3) is 0 Å². The highest BCUT2D eigenvalue weighted by Gasteiger charge is 2.27. The fraction of sp³-hybridized carbons (Fsp3) is 0.500. The van der Waals surface area contributed by atoms with Crippen LogP contribution < -0.4 is 5.73 Å². The van der Waals surface area contributed by atoms with Crippen LogP contribution >= 0.6 is 11.6 Å². The largest absolute Gasteiger partial charge is 0.373 e. The summed E-state index contributed by atoms with van der Waals surface area (Å²) >= 11 is 6.14. The number of nitrogens with zero attached hydrogens (tertiary/aromatic N) is 1. The third-order valence-corrected chi connectivity index (χ3v) is 3.63. The van der Waals surface area contributed by atoms with Gasteiger partial charge in [0.05, 0.1) is 23.3 Å². The van der Waals surface area contributed by atoms with Gasteiger partial charge in [-0.2, -0.15) is 0 Å². The van der Waals surface area contributed by atoms with Gasteiger partial charge in [0.25, 0.3) is 5.91 Å². The molecule has 0 saturated carbocycles. The maximum Gasteiger partial charge on any atom is 0.255 e. The lowest BCUT2D eigenvalue weighted by atomic mass is 10.1. The molecule has 1 aliphatic rings. The van der Waals surface area contributed by atoms with Crippen LogP contribution in [0.4, 0.5) is 0 Å². The molecule has 0 spiro atoms. The maximum atomic E-state index is 12.4. The Morgan fingerprint density at radius 3 is 2.95 bits per heavy atom. The van der Waals surface area contributed by atoms with Crippen molar-refractivity contribution in [1.82, 2.24) is 4.90 Å². The van der Waals surface area contributed by atoms with Gasteiger partial charge in [0.2, 0.25) is 0 Å². The fourth-order valence-corrected chi connectivity index (χ4v) is 2.46. The van der Waals surface area contributed by atoms with Crippen LogP contribution in [-0.2, 0) is 4.74 Å². The van der Waals surface area contributed by atoms with Crippen molar-refractivity contribution in [2.45, 2.75) is 26.0 Å². The molecular weight excluding hydrogens is 264 g/mol. The van der Waals surface area contributed by atoms with E-state index in [0.29, 0.717) is 30.3 Å². The molecule has 1 saturated heterocycles. The first-order valence-electron chi connectivity index (χ1n) is 6.41. The van der Waals surface area contributed by atoms with Crippen LogP contribution in [0, 0.1) is 6.92 Å². The number of carbonyl (C=O) groups excluding carboxylic acids is 1. The number of morpholine rings is 1. The summed E-state index contributed by atoms with van der Waals surface area (Å²) in [5.74, 6) is -0.0565. The topological polar surface area (TPSA) is 55.6 Å². The maximum absolute atomic E-state index is 12.4. The van der Waals surface area contributed by atoms with Crippen molar-refractivity contribution >= 4 is 17.5 Å². The smallest absolute Gasteiger partial charge is 0.255 e. The molecule has 1 aromatic rings. The van der Waals surface area contributed by atoms with Gasteiger partial charge < -0.3 is 15.4 Å². The predicted octanol–water partition coefficient (Wildman–Crippen LogP) is 1.84. The van der Waals surface area contributed by atoms with Gasteiger partial charge in [-0.05, 0) is 31.5 Å². The molecule has 2 N–H and O–H groups in total. The SMILES string of the molecule is Cc1ccc(C(=O)N2CCOC(C(C)N)C2)c(Cl)c1. The van der Waals surface area contributed by atoms with Gasteiger partial charge in [-0.1, -0.05) is 17.7 Å². The Balaban J connectivity index is 2.15. The summed E-state index contributed by atoms with van der Waals surface area (Å²) in [6.07, 6.45) is -0.109. The highest BCUT2D eigenvalue weighted by atomic mass is 35.5. The monoisotopic (exact) mass is 282 g/mol. The molecule has 1 aliphatic heterocycles. The Kier molecular flexibility index (Phi) is 4.45. The lowest BCUT2D eigenvalue weighted by Gasteiger charge is -2.34. The van der Waals surface area contributed by atoms with E-state index >= 15 is 0 Å². The minimum Gasteiger partial charge on any atom is -0.373 e. The van der Waals surface area contributed by atoms with E-state index in [1.54, 1.807) is 17.0 Å². The Morgan fingerprint density at radius 1 is 1.58 bits per heavy atom. The first-order chi connectivity index (χ1) is 8.99. The van der Waals surface area contributed by atoms with Crippen molar-refractivity contribution in [3.63, 3.8) is 0 Å². The zero-order chi connectivity index (χ0) is 14.0. The van der Waals surface area contributed by atoms with Gasteiger partial charge in [0.1, 0.15) is 0 Å². The number of amides is 1. The van der Waals surface area contributed by atoms with E-state index in [1.807, 2.05) is 19.9 Å². The zero-order valence-electron chi connectivity index (χ0n) is 11.2. The van der Waals surface area contributed by atoms with Gasteiger partial charge in [-0.3, -0.25) is 4.79 Å². The number of hydrogen-bond donors (Lipinski definition) is 1. The Labute approximate surface area is 118 Å². The summed E-state index contributed by atoms with van der Waals surface area (Å²) in [5.41, 5.74) is 7.41. The molecule has 0 aromatic heterocycles. The third kappa shape index (κ3) is 3.26. The molecule has 104 valence electrons. The van der Waals surface area contributed by atoms with Crippen LogP contribution in [0.15, 0.2) is 18.2 Å². The lowest BCUT2D eigenvalue weighted by Crippen LogP contribution is -2.51. The molecule has 1 fully saturated rings. The van der Waals surface area contributed by atoms with Crippen molar-refractivity contribution in [2.24, 2.45) is 5.73 Å². The average molecular weight is 283 g/mol. The molecule has 1 amide bonds. The molecule has 0 aliphatic carbocycles. The normalized spacial score (nSPS) is 21.3. The molecule has 1 heterocycles. The van der Waals surface area contributed by atoms with E-state index < -0.39 is 0 Å². The van der Waals surface area contributed by atoms with Crippen molar-refractivity contribution in [2.75, 3.05) is 19.7 Å². The Hall–Kier alpha value is -1.10. The molecule has 2 rings (SSSR count). The number of halogens is 1. The van der Waals surface area contributed by atoms with Crippen molar-refractivity contribution in [1.29, 1.82) is 0 Å². The van der Waals surface area contributed by atoms with E-state index in [9.17, 15) is 4.79 Å². The van der Waals surface area contributed by atoms with Crippen molar-refractivity contribution in [3.8, 4) is 0 Å². The van der Waals surface area contributed by atoms with Gasteiger partial charge in [0, 0.05) is 19.1 Å². The van der Waals surface area contributed by atoms with Crippen LogP contribution in [0.5, 0.6) is 0 Å². The molecule has 4 nitrogen and oxygen atoms in total. The fourth-order valence-electron chi connectivity index (χ4n) is 2.14. The number of aryl methyl sites for hydroxylation is 1. The van der Waals surface area contributed by atoms with Crippen molar-refractivity contribution < 1.29 is 9.53 Å². The third-order valence-electron chi connectivity index (χ3n) is 3.32. The van der Waals surface area contributed by atoms with E-state index in [2.05, 4.69) is 0 Å². The van der Waals surface area contributed by atoms with Gasteiger partial charge in [-0.15, -0.1) is 0 Å². The molecule has 1 aromatic carbocycles. The summed E-state index contributed by atoms with van der Waals surface area (Å²) in [6, 6.07) is 5.38. The average Bonchev–Trinajstić information content (AvgIpc) is 2.38. The predicted molar refractivity (Wildman–Crippen MR) is 75.5 cm³/mol. The summed E-state index contributed by atoms with van der Waals surface area (Å²) in [7, 11) is 0. The van der Waals surface area contributed by atoms with Gasteiger partial charge >= 0.3 is 0 Å². The molecule has 2 atom stereocenters. The van der Waals surface area contributed by atoms with Crippen LogP contribution in [0.1, 0.15) is 22.8 Å². The highest BCUT2D eigenvalue weighted by Crippen LogP contribution is 2.20. The summed E-state index contributed by atoms with van der Waals surface area (Å²) in [5, 5.41) is 0.494. The molecule has 0 bridgehead atoms. The standard InChI is InChI=1S/C14H19ClN2O2/c1-9-3-4-11(12(15)7-9)14(18)17-5-6-19-13(8-17)10(2)16/h3-4,7,10,13H,5-6,8,16H2,1-2H3. The van der Waals surface area contributed by atoms with Gasteiger partial charge in [-0.25, -0.2) is 0 Å². The zero-order valence-corrected chi connectivity index (χ0v) is 12.0. The molecule has 19 heavy (non-hydrogen) atoms. The number of hydrogen-bond acceptors (Lipinski definition) is 3. The molecule has 2 unspecified atom stereocenters. The second-order valence-electron chi connectivity index (χ2n) is 5.00. The second kappa shape index (κ2) is 5.90. The summed E-state index contributed by atoms with van der Waals surface area (Å²) in [6.45, 7) is 5.44. The number of benzene rings is 1. The van der Waals surface area contributed by atoms with E-state index in [1.165, 1.54) is 0 Å². The van der Waals surface area contributed by atoms with E-state index in [-0.39, 0.29) is 18.1 Å². The minimum atomic E-state index is -0.109. The minimum absolute atomic E-state index is 0.0565. The number of nitrogens with two attached hydrogens (primary N) is 1. The van der Waals surface area contributed by atoms with Crippen LogP contribution in [0.2, 0.25) is 5.02 Å². The lowest BCUT2D eigenvalue weighted by molar-refractivity contribution is -0.0300. The summed E-state index contributed by atoms with van der Waals surface area (Å²) < 4.78 is 5.55. The molecule has 0 radical (unpaired) electrons.